The van der Waals surface area contributed by atoms with E-state index < -0.39 is 4.92 Å². The van der Waals surface area contributed by atoms with E-state index in [4.69, 9.17) is 9.41 Å². The molecular formula is C29H29N3O4S. The zero-order valence-corrected chi connectivity index (χ0v) is 21.8. The summed E-state index contributed by atoms with van der Waals surface area (Å²) in [4.78, 5) is 31.6. The van der Waals surface area contributed by atoms with Crippen molar-refractivity contribution in [2.45, 2.75) is 58.4 Å². The number of thioether (sulfide) groups is 1. The molecular weight excluding hydrogens is 486 g/mol. The number of aryl methyl sites for hydroxylation is 2. The number of nitrogens with zero attached hydrogens (tertiary/aromatic N) is 3. The number of benzene rings is 2. The number of hydrogen-bond acceptors (Lipinski definition) is 6. The monoisotopic (exact) mass is 515 g/mol. The highest BCUT2D eigenvalue weighted by Gasteiger charge is 2.38. The fraction of sp³-hybridized carbons (Fsp3) is 0.310. The Kier molecular flexibility index (Phi) is 7.28. The number of carbonyl (C=O) groups is 1. The molecule has 2 heterocycles. The first-order valence-electron chi connectivity index (χ1n) is 12.7. The summed E-state index contributed by atoms with van der Waals surface area (Å²) in [6.07, 6.45) is 8.15. The summed E-state index contributed by atoms with van der Waals surface area (Å²) in [6.45, 7) is 3.94. The van der Waals surface area contributed by atoms with Crippen molar-refractivity contribution in [2.75, 3.05) is 0 Å². The maximum Gasteiger partial charge on any atom is 0.269 e. The van der Waals surface area contributed by atoms with Gasteiger partial charge in [0, 0.05) is 29.8 Å². The molecule has 2 aromatic carbocycles. The standard InChI is InChI=1S/C29H29N3O4S/c1-3-20-9-11-21(12-10-20)30-29-31(22-7-5-4-6-8-22)28(33)27(37-29)18-24-14-16-26(36-24)25-15-13-23(32(34)35)17-19(25)2/h9-18,22H,3-8H2,1-2H3/b27-18+,30-29?. The van der Waals surface area contributed by atoms with Crippen LogP contribution >= 0.6 is 11.8 Å². The molecule has 1 saturated carbocycles. The van der Waals surface area contributed by atoms with E-state index in [1.54, 1.807) is 12.1 Å². The van der Waals surface area contributed by atoms with Gasteiger partial charge in [-0.1, -0.05) is 38.3 Å². The highest BCUT2D eigenvalue weighted by molar-refractivity contribution is 8.18. The molecule has 7 nitrogen and oxygen atoms in total. The molecule has 1 aliphatic carbocycles. The molecule has 2 fully saturated rings. The van der Waals surface area contributed by atoms with Crippen LogP contribution in [0.2, 0.25) is 0 Å². The van der Waals surface area contributed by atoms with E-state index in [2.05, 4.69) is 19.1 Å². The fourth-order valence-corrected chi connectivity index (χ4v) is 5.92. The molecule has 2 aliphatic rings. The smallest absolute Gasteiger partial charge is 0.269 e. The molecule has 1 aliphatic heterocycles. The Labute approximate surface area is 220 Å². The molecule has 0 radical (unpaired) electrons. The summed E-state index contributed by atoms with van der Waals surface area (Å²) in [5.74, 6) is 1.12. The second-order valence-corrected chi connectivity index (χ2v) is 10.5. The summed E-state index contributed by atoms with van der Waals surface area (Å²) < 4.78 is 6.05. The van der Waals surface area contributed by atoms with Crippen molar-refractivity contribution < 1.29 is 14.1 Å². The Morgan fingerprint density at radius 1 is 1.11 bits per heavy atom. The molecule has 0 atom stereocenters. The largest absolute Gasteiger partial charge is 0.457 e. The van der Waals surface area contributed by atoms with Gasteiger partial charge in [-0.2, -0.15) is 0 Å². The van der Waals surface area contributed by atoms with Crippen LogP contribution in [0.4, 0.5) is 11.4 Å². The first-order valence-corrected chi connectivity index (χ1v) is 13.5. The topological polar surface area (TPSA) is 89.0 Å². The minimum absolute atomic E-state index is 0.0368. The lowest BCUT2D eigenvalue weighted by Crippen LogP contribution is -2.40. The van der Waals surface area contributed by atoms with E-state index in [1.807, 2.05) is 36.1 Å². The predicted molar refractivity (Wildman–Crippen MR) is 148 cm³/mol. The van der Waals surface area contributed by atoms with Gasteiger partial charge in [0.2, 0.25) is 0 Å². The number of carbonyl (C=O) groups excluding carboxylic acids is 1. The fourth-order valence-electron chi connectivity index (χ4n) is 4.88. The van der Waals surface area contributed by atoms with E-state index in [0.717, 1.165) is 48.9 Å². The average Bonchev–Trinajstić information content (AvgIpc) is 3.49. The van der Waals surface area contributed by atoms with Crippen LogP contribution in [0.25, 0.3) is 17.4 Å². The lowest BCUT2D eigenvalue weighted by atomic mass is 9.94. The third-order valence-corrected chi connectivity index (χ3v) is 7.92. The maximum atomic E-state index is 13.6. The Balaban J connectivity index is 1.44. The zero-order chi connectivity index (χ0) is 25.9. The number of nitro benzene ring substituents is 1. The lowest BCUT2D eigenvalue weighted by molar-refractivity contribution is -0.384. The van der Waals surface area contributed by atoms with Gasteiger partial charge < -0.3 is 4.42 Å². The first kappa shape index (κ1) is 25.0. The van der Waals surface area contributed by atoms with Gasteiger partial charge in [0.05, 0.1) is 15.5 Å². The lowest BCUT2D eigenvalue weighted by Gasteiger charge is -2.30. The predicted octanol–water partition coefficient (Wildman–Crippen LogP) is 7.66. The number of nitro groups is 1. The van der Waals surface area contributed by atoms with Crippen molar-refractivity contribution >= 4 is 40.3 Å². The van der Waals surface area contributed by atoms with Crippen molar-refractivity contribution in [3.63, 3.8) is 0 Å². The molecule has 8 heteroatoms. The summed E-state index contributed by atoms with van der Waals surface area (Å²) in [6, 6.07) is 16.7. The van der Waals surface area contributed by atoms with E-state index in [0.29, 0.717) is 21.6 Å². The summed E-state index contributed by atoms with van der Waals surface area (Å²) in [5, 5.41) is 11.8. The van der Waals surface area contributed by atoms with E-state index in [9.17, 15) is 14.9 Å². The van der Waals surface area contributed by atoms with Gasteiger partial charge in [-0.05, 0) is 79.4 Å². The van der Waals surface area contributed by atoms with Gasteiger partial charge in [-0.3, -0.25) is 19.8 Å². The molecule has 0 unspecified atom stereocenters. The number of non-ortho nitro benzene ring substituents is 1. The molecule has 5 rings (SSSR count). The SMILES string of the molecule is CCc1ccc(N=C2S/C(=C/c3ccc(-c4ccc([N+](=O)[O-])cc4C)o3)C(=O)N2C2CCCCC2)cc1. The van der Waals surface area contributed by atoms with Crippen molar-refractivity contribution in [3.8, 4) is 11.3 Å². The molecule has 0 bridgehead atoms. The maximum absolute atomic E-state index is 13.6. The number of amidine groups is 1. The van der Waals surface area contributed by atoms with Gasteiger partial charge in [0.1, 0.15) is 11.5 Å². The van der Waals surface area contributed by atoms with Gasteiger partial charge in [-0.25, -0.2) is 4.99 Å². The van der Waals surface area contributed by atoms with Crippen LogP contribution in [0.15, 0.2) is 68.9 Å². The van der Waals surface area contributed by atoms with Crippen LogP contribution in [-0.2, 0) is 11.2 Å². The van der Waals surface area contributed by atoms with E-state index in [-0.39, 0.29) is 17.6 Å². The zero-order valence-electron chi connectivity index (χ0n) is 21.0. The van der Waals surface area contributed by atoms with Crippen molar-refractivity contribution in [2.24, 2.45) is 4.99 Å². The number of aliphatic imine (C=N–C) groups is 1. The quantitative estimate of drug-likeness (QED) is 0.191. The highest BCUT2D eigenvalue weighted by Crippen LogP contribution is 2.39. The van der Waals surface area contributed by atoms with Crippen LogP contribution in [-0.4, -0.2) is 26.9 Å². The van der Waals surface area contributed by atoms with Gasteiger partial charge in [0.15, 0.2) is 5.17 Å². The van der Waals surface area contributed by atoms with Crippen LogP contribution in [0.1, 0.15) is 55.9 Å². The van der Waals surface area contributed by atoms with Gasteiger partial charge in [-0.15, -0.1) is 0 Å². The second kappa shape index (κ2) is 10.8. The second-order valence-electron chi connectivity index (χ2n) is 9.45. The number of furan rings is 1. The van der Waals surface area contributed by atoms with Crippen LogP contribution in [0, 0.1) is 17.0 Å². The molecule has 3 aromatic rings. The van der Waals surface area contributed by atoms with Crippen molar-refractivity contribution in [1.29, 1.82) is 0 Å². The van der Waals surface area contributed by atoms with Gasteiger partial charge in [0.25, 0.3) is 11.6 Å². The van der Waals surface area contributed by atoms with Crippen LogP contribution in [0.5, 0.6) is 0 Å². The minimum Gasteiger partial charge on any atom is -0.457 e. The highest BCUT2D eigenvalue weighted by atomic mass is 32.2. The Bertz CT molecular complexity index is 1380. The third-order valence-electron chi connectivity index (χ3n) is 6.93. The Morgan fingerprint density at radius 3 is 2.54 bits per heavy atom. The van der Waals surface area contributed by atoms with E-state index >= 15 is 0 Å². The van der Waals surface area contributed by atoms with Crippen LogP contribution < -0.4 is 0 Å². The molecule has 190 valence electrons. The molecule has 37 heavy (non-hydrogen) atoms. The number of rotatable bonds is 6. The summed E-state index contributed by atoms with van der Waals surface area (Å²) >= 11 is 1.39. The Morgan fingerprint density at radius 2 is 1.86 bits per heavy atom. The molecule has 1 amide bonds. The first-order chi connectivity index (χ1) is 17.9. The van der Waals surface area contributed by atoms with Crippen LogP contribution in [0.3, 0.4) is 0 Å². The van der Waals surface area contributed by atoms with Crippen molar-refractivity contribution in [1.82, 2.24) is 4.90 Å². The normalized spacial score (nSPS) is 18.8. The summed E-state index contributed by atoms with van der Waals surface area (Å²) in [5.41, 5.74) is 3.66. The number of hydrogen-bond donors (Lipinski definition) is 0. The average molecular weight is 516 g/mol. The Hall–Kier alpha value is -3.65. The van der Waals surface area contributed by atoms with Gasteiger partial charge >= 0.3 is 0 Å². The number of amides is 1. The van der Waals surface area contributed by atoms with E-state index in [1.165, 1.54) is 35.9 Å². The third kappa shape index (κ3) is 5.39. The minimum atomic E-state index is -0.410. The molecule has 0 N–H and O–H groups in total. The molecule has 1 saturated heterocycles. The summed E-state index contributed by atoms with van der Waals surface area (Å²) in [7, 11) is 0. The van der Waals surface area contributed by atoms with Crippen molar-refractivity contribution in [3.05, 3.63) is 86.5 Å². The molecule has 0 spiro atoms. The molecule has 1 aromatic heterocycles.